The topological polar surface area (TPSA) is 64.2 Å². The van der Waals surface area contributed by atoms with Gasteiger partial charge in [-0.25, -0.2) is 0 Å². The van der Waals surface area contributed by atoms with Crippen LogP contribution in [-0.2, 0) is 7.05 Å². The quantitative estimate of drug-likeness (QED) is 0.853. The molecule has 1 fully saturated rings. The molecule has 1 saturated heterocycles. The lowest BCUT2D eigenvalue weighted by Crippen LogP contribution is -2.30. The number of likely N-dealkylation sites (tertiary alicyclic amines) is 1. The molecule has 0 saturated carbocycles. The van der Waals surface area contributed by atoms with Gasteiger partial charge in [-0.3, -0.25) is 9.48 Å². The van der Waals surface area contributed by atoms with Crippen molar-refractivity contribution in [2.24, 2.45) is 7.05 Å². The number of anilines is 1. The third-order valence-electron chi connectivity index (χ3n) is 3.76. The number of aryl methyl sites for hydroxylation is 1. The lowest BCUT2D eigenvalue weighted by atomic mass is 10.1. The summed E-state index contributed by atoms with van der Waals surface area (Å²) in [6.07, 6.45) is 5.83. The van der Waals surface area contributed by atoms with E-state index in [2.05, 4.69) is 5.10 Å². The molecule has 1 atom stereocenters. The molecule has 2 heterocycles. The summed E-state index contributed by atoms with van der Waals surface area (Å²) in [6.45, 7) is 0.785. The van der Waals surface area contributed by atoms with Gasteiger partial charge in [-0.2, -0.15) is 5.10 Å². The second kappa shape index (κ2) is 7.51. The van der Waals surface area contributed by atoms with Crippen molar-refractivity contribution >= 4 is 36.4 Å². The Morgan fingerprint density at radius 3 is 2.77 bits per heavy atom. The molecular formula is C15H20Cl2N4O. The molecule has 0 aliphatic carbocycles. The third-order valence-corrected chi connectivity index (χ3v) is 3.76. The Labute approximate surface area is 142 Å². The molecule has 2 aromatic rings. The Bertz CT molecular complexity index is 644. The van der Waals surface area contributed by atoms with Crippen LogP contribution in [0.5, 0.6) is 0 Å². The summed E-state index contributed by atoms with van der Waals surface area (Å²) in [5, 5.41) is 4.20. The van der Waals surface area contributed by atoms with Gasteiger partial charge in [-0.15, -0.1) is 24.8 Å². The van der Waals surface area contributed by atoms with E-state index in [1.54, 1.807) is 16.8 Å². The molecule has 120 valence electrons. The highest BCUT2D eigenvalue weighted by Gasteiger charge is 2.31. The number of amides is 1. The molecule has 1 aliphatic rings. The van der Waals surface area contributed by atoms with E-state index < -0.39 is 0 Å². The van der Waals surface area contributed by atoms with Crippen LogP contribution in [-0.4, -0.2) is 27.1 Å². The van der Waals surface area contributed by atoms with Crippen LogP contribution in [0.25, 0.3) is 0 Å². The summed E-state index contributed by atoms with van der Waals surface area (Å²) in [7, 11) is 1.89. The summed E-state index contributed by atoms with van der Waals surface area (Å²) >= 11 is 0. The van der Waals surface area contributed by atoms with Crippen molar-refractivity contribution in [1.29, 1.82) is 0 Å². The monoisotopic (exact) mass is 342 g/mol. The number of benzene rings is 1. The molecule has 2 N–H and O–H groups in total. The molecule has 1 aromatic heterocycles. The van der Waals surface area contributed by atoms with E-state index in [1.165, 1.54) is 0 Å². The highest BCUT2D eigenvalue weighted by atomic mass is 35.5. The number of aromatic nitrogens is 2. The minimum absolute atomic E-state index is 0. The van der Waals surface area contributed by atoms with Gasteiger partial charge in [0.25, 0.3) is 5.91 Å². The Balaban J connectivity index is 0.00000121. The van der Waals surface area contributed by atoms with Gasteiger partial charge in [0.2, 0.25) is 0 Å². The van der Waals surface area contributed by atoms with Gasteiger partial charge in [-0.05, 0) is 31.0 Å². The van der Waals surface area contributed by atoms with Gasteiger partial charge in [-0.1, -0.05) is 6.07 Å². The number of nitrogens with two attached hydrogens (primary N) is 1. The first-order valence-corrected chi connectivity index (χ1v) is 6.80. The second-order valence-corrected chi connectivity index (χ2v) is 5.23. The average Bonchev–Trinajstić information content (AvgIpc) is 3.06. The standard InChI is InChI=1S/C15H18N4O.2ClH/c1-18-10-12(9-17-18)14-6-3-7-19(14)15(20)11-4-2-5-13(16)8-11;;/h2,4-5,8-10,14H,3,6-7,16H2,1H3;2*1H. The highest BCUT2D eigenvalue weighted by molar-refractivity contribution is 5.95. The summed E-state index contributed by atoms with van der Waals surface area (Å²) in [4.78, 5) is 14.6. The van der Waals surface area contributed by atoms with Crippen LogP contribution in [0, 0.1) is 0 Å². The van der Waals surface area contributed by atoms with Crippen LogP contribution in [0.2, 0.25) is 0 Å². The number of hydrogen-bond acceptors (Lipinski definition) is 3. The van der Waals surface area contributed by atoms with Crippen LogP contribution < -0.4 is 5.73 Å². The minimum Gasteiger partial charge on any atom is -0.399 e. The van der Waals surface area contributed by atoms with Crippen LogP contribution in [0.4, 0.5) is 5.69 Å². The summed E-state index contributed by atoms with van der Waals surface area (Å²) in [6, 6.07) is 7.28. The van der Waals surface area contributed by atoms with Crippen molar-refractivity contribution in [2.45, 2.75) is 18.9 Å². The molecule has 1 aliphatic heterocycles. The molecule has 5 nitrogen and oxygen atoms in total. The van der Waals surface area contributed by atoms with Crippen LogP contribution in [0.1, 0.15) is 34.8 Å². The molecule has 1 amide bonds. The number of halogens is 2. The number of nitrogen functional groups attached to an aromatic ring is 1. The maximum Gasteiger partial charge on any atom is 0.254 e. The summed E-state index contributed by atoms with van der Waals surface area (Å²) in [5.74, 6) is 0.0450. The Morgan fingerprint density at radius 2 is 2.14 bits per heavy atom. The largest absolute Gasteiger partial charge is 0.399 e. The zero-order valence-electron chi connectivity index (χ0n) is 12.3. The first kappa shape index (κ1) is 18.3. The number of nitrogens with zero attached hydrogens (tertiary/aromatic N) is 3. The minimum atomic E-state index is 0. The van der Waals surface area contributed by atoms with Gasteiger partial charge < -0.3 is 10.6 Å². The molecular weight excluding hydrogens is 323 g/mol. The number of rotatable bonds is 2. The number of carbonyl (C=O) groups is 1. The first-order valence-electron chi connectivity index (χ1n) is 6.80. The SMILES string of the molecule is Cl.Cl.Cn1cc(C2CCCN2C(=O)c2cccc(N)c2)cn1. The van der Waals surface area contributed by atoms with Crippen molar-refractivity contribution in [3.63, 3.8) is 0 Å². The van der Waals surface area contributed by atoms with E-state index in [0.29, 0.717) is 11.3 Å². The Kier molecular flexibility index (Phi) is 6.26. The number of hydrogen-bond donors (Lipinski definition) is 1. The van der Waals surface area contributed by atoms with E-state index in [4.69, 9.17) is 5.73 Å². The fourth-order valence-electron chi connectivity index (χ4n) is 2.81. The molecule has 22 heavy (non-hydrogen) atoms. The average molecular weight is 343 g/mol. The van der Waals surface area contributed by atoms with Gasteiger partial charge in [0.1, 0.15) is 0 Å². The Hall–Kier alpha value is -1.72. The van der Waals surface area contributed by atoms with E-state index in [-0.39, 0.29) is 36.8 Å². The molecule has 0 radical (unpaired) electrons. The first-order chi connectivity index (χ1) is 9.65. The van der Waals surface area contributed by atoms with E-state index >= 15 is 0 Å². The maximum absolute atomic E-state index is 12.6. The summed E-state index contributed by atoms with van der Waals surface area (Å²) in [5.41, 5.74) is 8.13. The van der Waals surface area contributed by atoms with E-state index in [0.717, 1.165) is 24.9 Å². The predicted molar refractivity (Wildman–Crippen MR) is 91.6 cm³/mol. The van der Waals surface area contributed by atoms with Gasteiger partial charge in [0.05, 0.1) is 12.2 Å². The fourth-order valence-corrected chi connectivity index (χ4v) is 2.81. The Morgan fingerprint density at radius 1 is 1.36 bits per heavy atom. The van der Waals surface area contributed by atoms with Gasteiger partial charge in [0.15, 0.2) is 0 Å². The molecule has 3 rings (SSSR count). The molecule has 1 unspecified atom stereocenters. The zero-order valence-corrected chi connectivity index (χ0v) is 13.9. The van der Waals surface area contributed by atoms with Crippen molar-refractivity contribution in [3.8, 4) is 0 Å². The molecule has 1 aromatic carbocycles. The maximum atomic E-state index is 12.6. The summed E-state index contributed by atoms with van der Waals surface area (Å²) < 4.78 is 1.77. The van der Waals surface area contributed by atoms with Crippen molar-refractivity contribution in [1.82, 2.24) is 14.7 Å². The van der Waals surface area contributed by atoms with Gasteiger partial charge in [0, 0.05) is 36.6 Å². The molecule has 7 heteroatoms. The molecule has 0 bridgehead atoms. The van der Waals surface area contributed by atoms with E-state index in [1.807, 2.05) is 36.5 Å². The van der Waals surface area contributed by atoms with Crippen LogP contribution >= 0.6 is 24.8 Å². The second-order valence-electron chi connectivity index (χ2n) is 5.23. The zero-order chi connectivity index (χ0) is 14.1. The predicted octanol–water partition coefficient (Wildman–Crippen LogP) is 2.82. The van der Waals surface area contributed by atoms with Crippen molar-refractivity contribution in [2.75, 3.05) is 12.3 Å². The van der Waals surface area contributed by atoms with Gasteiger partial charge >= 0.3 is 0 Å². The fraction of sp³-hybridized carbons (Fsp3) is 0.333. The van der Waals surface area contributed by atoms with E-state index in [9.17, 15) is 4.79 Å². The molecule has 0 spiro atoms. The number of carbonyl (C=O) groups excluding carboxylic acids is 1. The smallest absolute Gasteiger partial charge is 0.254 e. The third kappa shape index (κ3) is 3.54. The normalized spacial score (nSPS) is 16.8. The van der Waals surface area contributed by atoms with Crippen molar-refractivity contribution in [3.05, 3.63) is 47.8 Å². The lowest BCUT2D eigenvalue weighted by Gasteiger charge is -2.24. The van der Waals surface area contributed by atoms with Crippen molar-refractivity contribution < 1.29 is 4.79 Å². The van der Waals surface area contributed by atoms with Crippen LogP contribution in [0.15, 0.2) is 36.7 Å². The lowest BCUT2D eigenvalue weighted by molar-refractivity contribution is 0.0735. The highest BCUT2D eigenvalue weighted by Crippen LogP contribution is 2.32. The van der Waals surface area contributed by atoms with Crippen LogP contribution in [0.3, 0.4) is 0 Å².